The number of aliphatic hydroxyl groups is 4. The molecule has 1 amide bonds. The highest BCUT2D eigenvalue weighted by atomic mass is 16.7. The first-order valence-corrected chi connectivity index (χ1v) is 19.1. The lowest BCUT2D eigenvalue weighted by Crippen LogP contribution is -2.60. The highest BCUT2D eigenvalue weighted by molar-refractivity contribution is 6.13. The molecular formula is C43H45N3O11. The number of phenolic OH excluding ortho intramolecular Hbond substituents is 2. The van der Waals surface area contributed by atoms with Crippen molar-refractivity contribution in [1.29, 1.82) is 0 Å². The normalized spacial score (nSPS) is 29.0. The molecule has 1 saturated heterocycles. The van der Waals surface area contributed by atoms with Gasteiger partial charge in [-0.15, -0.1) is 0 Å². The van der Waals surface area contributed by atoms with Gasteiger partial charge in [0.2, 0.25) is 6.29 Å². The fraction of sp³-hybridized carbons (Fsp3) is 0.372. The van der Waals surface area contributed by atoms with Crippen molar-refractivity contribution in [3.8, 4) is 17.2 Å². The number of nitrogens with one attached hydrogen (secondary N) is 1. The number of rotatable bonds is 10. The second-order valence-electron chi connectivity index (χ2n) is 15.4. The molecule has 2 fully saturated rings. The average molecular weight is 780 g/mol. The zero-order valence-electron chi connectivity index (χ0n) is 30.9. The fourth-order valence-corrected chi connectivity index (χ4v) is 9.53. The number of carbonyl (C=O) groups excluding carboxylic acids is 1. The van der Waals surface area contributed by atoms with Crippen molar-refractivity contribution in [1.82, 2.24) is 9.97 Å². The molecule has 0 spiro atoms. The molecule has 3 heterocycles. The molecule has 2 aliphatic heterocycles. The number of hydrogen-bond donors (Lipinski definition) is 8. The number of nitrogens with zero attached hydrogens (tertiary/aromatic N) is 2. The van der Waals surface area contributed by atoms with E-state index in [4.69, 9.17) is 9.47 Å². The number of imidazole rings is 1. The van der Waals surface area contributed by atoms with E-state index in [1.165, 1.54) is 41.6 Å². The van der Waals surface area contributed by atoms with E-state index in [1.54, 1.807) is 24.4 Å². The molecule has 3 aromatic carbocycles. The number of anilines is 1. The molecule has 4 aliphatic rings. The van der Waals surface area contributed by atoms with Crippen LogP contribution in [0.5, 0.6) is 17.2 Å². The van der Waals surface area contributed by atoms with Gasteiger partial charge >= 0.3 is 5.97 Å². The lowest BCUT2D eigenvalue weighted by Gasteiger charge is -2.46. The lowest BCUT2D eigenvalue weighted by molar-refractivity contribution is -0.277. The summed E-state index contributed by atoms with van der Waals surface area (Å²) in [5.41, 5.74) is 1.12. The van der Waals surface area contributed by atoms with Crippen LogP contribution in [0.15, 0.2) is 91.4 Å². The number of aromatic amines is 1. The Balaban J connectivity index is 1.23. The summed E-state index contributed by atoms with van der Waals surface area (Å²) in [5.74, 6) is -3.89. The van der Waals surface area contributed by atoms with Crippen LogP contribution in [-0.2, 0) is 26.2 Å². The minimum Gasteiger partial charge on any atom is -0.508 e. The third-order valence-corrected chi connectivity index (χ3v) is 12.3. The molecule has 0 bridgehead atoms. The van der Waals surface area contributed by atoms with Gasteiger partial charge in [-0.2, -0.15) is 0 Å². The number of H-pyrrole nitrogens is 1. The zero-order valence-corrected chi connectivity index (χ0v) is 30.9. The van der Waals surface area contributed by atoms with Crippen molar-refractivity contribution in [2.75, 3.05) is 11.5 Å². The quantitative estimate of drug-likeness (QED) is 0.0853. The van der Waals surface area contributed by atoms with Crippen LogP contribution in [0.2, 0.25) is 0 Å². The van der Waals surface area contributed by atoms with Gasteiger partial charge in [0.1, 0.15) is 30.2 Å². The number of allylic oxidation sites excluding steroid dienone is 1. The van der Waals surface area contributed by atoms with Gasteiger partial charge in [-0.25, -0.2) is 9.78 Å². The summed E-state index contributed by atoms with van der Waals surface area (Å²) in [6.45, 7) is -0.707. The van der Waals surface area contributed by atoms with E-state index in [1.807, 2.05) is 24.3 Å². The van der Waals surface area contributed by atoms with Crippen LogP contribution in [-0.4, -0.2) is 100 Å². The first-order valence-electron chi connectivity index (χ1n) is 19.1. The third kappa shape index (κ3) is 6.47. The summed E-state index contributed by atoms with van der Waals surface area (Å²) >= 11 is 0. The van der Waals surface area contributed by atoms with Gasteiger partial charge in [0.15, 0.2) is 17.0 Å². The molecule has 298 valence electrons. The number of ether oxygens (including phenoxy) is 2. The number of aromatic hydroxyl groups is 2. The summed E-state index contributed by atoms with van der Waals surface area (Å²) in [7, 11) is 0. The Bertz CT molecular complexity index is 2180. The average Bonchev–Trinajstić information content (AvgIpc) is 3.95. The Morgan fingerprint density at radius 1 is 0.965 bits per heavy atom. The number of aromatic nitrogens is 2. The summed E-state index contributed by atoms with van der Waals surface area (Å²) in [4.78, 5) is 36.8. The van der Waals surface area contributed by atoms with E-state index in [2.05, 4.69) is 22.1 Å². The highest BCUT2D eigenvalue weighted by Crippen LogP contribution is 2.64. The maximum atomic E-state index is 14.7. The number of carboxylic acids is 1. The van der Waals surface area contributed by atoms with Gasteiger partial charge in [-0.05, 0) is 59.7 Å². The molecule has 8 N–H and O–H groups in total. The monoisotopic (exact) mass is 779 g/mol. The predicted octanol–water partition coefficient (Wildman–Crippen LogP) is 3.65. The van der Waals surface area contributed by atoms with Gasteiger partial charge in [0.05, 0.1) is 18.6 Å². The first kappa shape index (κ1) is 38.4. The molecule has 2 aliphatic carbocycles. The van der Waals surface area contributed by atoms with Crippen molar-refractivity contribution in [3.63, 3.8) is 0 Å². The smallest absolute Gasteiger partial charge is 0.334 e. The van der Waals surface area contributed by atoms with E-state index in [-0.39, 0.29) is 17.2 Å². The van der Waals surface area contributed by atoms with Crippen molar-refractivity contribution < 1.29 is 54.8 Å². The maximum absolute atomic E-state index is 14.7. The van der Waals surface area contributed by atoms with Crippen molar-refractivity contribution in [3.05, 3.63) is 119 Å². The molecule has 57 heavy (non-hydrogen) atoms. The molecule has 14 heteroatoms. The second kappa shape index (κ2) is 15.1. The number of carbonyl (C=O) groups is 2. The first-order chi connectivity index (χ1) is 27.5. The van der Waals surface area contributed by atoms with Crippen LogP contribution in [0, 0.1) is 5.92 Å². The number of aliphatic carboxylic acids is 1. The minimum atomic E-state index is -1.93. The minimum absolute atomic E-state index is 0.0538. The Morgan fingerprint density at radius 3 is 2.44 bits per heavy atom. The number of fused-ring (bicyclic) bond motifs is 3. The van der Waals surface area contributed by atoms with E-state index < -0.39 is 77.7 Å². The summed E-state index contributed by atoms with van der Waals surface area (Å²) in [6.07, 6.45) is 6.13. The number of benzene rings is 3. The number of aliphatic hydroxyl groups excluding tert-OH is 4. The van der Waals surface area contributed by atoms with E-state index in [0.717, 1.165) is 43.4 Å². The van der Waals surface area contributed by atoms with Gasteiger partial charge in [0, 0.05) is 47.4 Å². The molecule has 8 rings (SSSR count). The largest absolute Gasteiger partial charge is 0.508 e. The van der Waals surface area contributed by atoms with E-state index in [0.29, 0.717) is 23.1 Å². The summed E-state index contributed by atoms with van der Waals surface area (Å²) in [5, 5.41) is 74.7. The third-order valence-electron chi connectivity index (χ3n) is 12.3. The van der Waals surface area contributed by atoms with Crippen LogP contribution in [0.4, 0.5) is 5.69 Å². The maximum Gasteiger partial charge on any atom is 0.334 e. The lowest BCUT2D eigenvalue weighted by atomic mass is 9.57. The molecule has 14 nitrogen and oxygen atoms in total. The number of carboxylic acid groups (broad SMARTS) is 1. The van der Waals surface area contributed by atoms with Crippen molar-refractivity contribution in [2.24, 2.45) is 5.92 Å². The number of amides is 1. The van der Waals surface area contributed by atoms with Crippen LogP contribution in [0.3, 0.4) is 0 Å². The summed E-state index contributed by atoms with van der Waals surface area (Å²) < 4.78 is 11.4. The second-order valence-corrected chi connectivity index (χ2v) is 15.4. The molecular weight excluding hydrogens is 734 g/mol. The van der Waals surface area contributed by atoms with Crippen LogP contribution >= 0.6 is 0 Å². The standard InChI is InChI=1S/C43H45N3O11/c47-22-34-37(51)38(52)39(53)40(57-34)56-33-20-30-28(19-32(33)49)36-29(42(14-5-2-6-15-42)26-7-3-1-4-8-26)13-16-43(36,41(54)55)46(30)35(50)12-10-24-9-11-31(48)25(17-24)18-27-21-44-23-45-27/h1,3-4,7-13,16-17,19-21,23,29,34,36-40,47-49,51-53H,2,5-6,14-15,18,22H2,(H,44,45)(H,54,55). The molecule has 4 aromatic rings. The molecule has 1 saturated carbocycles. The topological polar surface area (TPSA) is 226 Å². The SMILES string of the molecule is O=C(C=Cc1ccc(O)c(Cc2cnc[nH]2)c1)N1c2cc(OC3OC(CO)C(O)C(O)C3O)c(O)cc2C2C(C3(c4ccccc4)CCCCC3)C=CC21C(=O)O. The Labute approximate surface area is 328 Å². The molecule has 8 atom stereocenters. The number of hydrogen-bond acceptors (Lipinski definition) is 11. The predicted molar refractivity (Wildman–Crippen MR) is 205 cm³/mol. The van der Waals surface area contributed by atoms with Crippen LogP contribution in [0.25, 0.3) is 6.08 Å². The van der Waals surface area contributed by atoms with Gasteiger partial charge in [0.25, 0.3) is 5.91 Å². The molecule has 1 aromatic heterocycles. The van der Waals surface area contributed by atoms with Crippen LogP contribution < -0.4 is 9.64 Å². The fourth-order valence-electron chi connectivity index (χ4n) is 9.53. The number of phenols is 2. The van der Waals surface area contributed by atoms with E-state index >= 15 is 0 Å². The Kier molecular flexibility index (Phi) is 10.2. The Morgan fingerprint density at radius 2 is 1.74 bits per heavy atom. The van der Waals surface area contributed by atoms with E-state index in [9.17, 15) is 45.3 Å². The zero-order chi connectivity index (χ0) is 40.1. The summed E-state index contributed by atoms with van der Waals surface area (Å²) in [6, 6.07) is 17.6. The van der Waals surface area contributed by atoms with Gasteiger partial charge < -0.3 is 50.2 Å². The molecule has 8 unspecified atom stereocenters. The van der Waals surface area contributed by atoms with Crippen molar-refractivity contribution in [2.45, 2.75) is 86.1 Å². The van der Waals surface area contributed by atoms with Gasteiger partial charge in [-0.3, -0.25) is 9.69 Å². The Hall–Kier alpha value is -5.51. The highest BCUT2D eigenvalue weighted by Gasteiger charge is 2.65. The van der Waals surface area contributed by atoms with Gasteiger partial charge in [-0.1, -0.05) is 67.8 Å². The molecule has 0 radical (unpaired) electrons. The van der Waals surface area contributed by atoms with Crippen molar-refractivity contribution >= 4 is 23.6 Å². The van der Waals surface area contributed by atoms with Crippen LogP contribution in [0.1, 0.15) is 66.0 Å².